The number of hydrogen-bond donors (Lipinski definition) is 3. The van der Waals surface area contributed by atoms with Crippen molar-refractivity contribution in [3.05, 3.63) is 0 Å². The molecule has 3 N–H and O–H groups in total. The van der Waals surface area contributed by atoms with Gasteiger partial charge in [0, 0.05) is 19.1 Å². The van der Waals surface area contributed by atoms with Crippen LogP contribution in [0.15, 0.2) is 0 Å². The summed E-state index contributed by atoms with van der Waals surface area (Å²) in [4.78, 5) is 14.2. The minimum Gasteiger partial charge on any atom is -0.395 e. The molecule has 0 aromatic carbocycles. The van der Waals surface area contributed by atoms with E-state index in [-0.39, 0.29) is 37.4 Å². The topological polar surface area (TPSA) is 108 Å². The number of rotatable bonds is 8. The van der Waals surface area contributed by atoms with Gasteiger partial charge in [-0.1, -0.05) is 13.8 Å². The second kappa shape index (κ2) is 10.8. The van der Waals surface area contributed by atoms with Crippen LogP contribution < -0.4 is 10.0 Å². The van der Waals surface area contributed by atoms with Crippen LogP contribution in [0.5, 0.6) is 0 Å². The summed E-state index contributed by atoms with van der Waals surface area (Å²) >= 11 is 0. The molecule has 1 saturated heterocycles. The Morgan fingerprint density at radius 3 is 2.46 bits per heavy atom. The summed E-state index contributed by atoms with van der Waals surface area (Å²) in [5.74, 6) is 1.43. The molecule has 8 nitrogen and oxygen atoms in total. The number of hydrogen-bond acceptors (Lipinski definition) is 5. The van der Waals surface area contributed by atoms with E-state index in [4.69, 9.17) is 9.84 Å². The number of likely N-dealkylation sites (tertiary alicyclic amines) is 1. The summed E-state index contributed by atoms with van der Waals surface area (Å²) in [6, 6.07) is -1.01. The van der Waals surface area contributed by atoms with Crippen molar-refractivity contribution in [2.45, 2.75) is 70.6 Å². The van der Waals surface area contributed by atoms with Crippen molar-refractivity contribution in [1.82, 2.24) is 14.9 Å². The average Bonchev–Trinajstić information content (AvgIpc) is 2.64. The van der Waals surface area contributed by atoms with E-state index >= 15 is 0 Å². The highest BCUT2D eigenvalue weighted by atomic mass is 32.2. The summed E-state index contributed by atoms with van der Waals surface area (Å²) in [6.45, 7) is 5.43. The molecular weight excluding hydrogens is 382 g/mol. The number of urea groups is 1. The first-order valence-corrected chi connectivity index (χ1v) is 12.3. The van der Waals surface area contributed by atoms with Gasteiger partial charge in [-0.05, 0) is 50.4 Å². The Kier molecular flexibility index (Phi) is 8.98. The fourth-order valence-corrected chi connectivity index (χ4v) is 5.17. The van der Waals surface area contributed by atoms with Crippen molar-refractivity contribution >= 4 is 16.1 Å². The van der Waals surface area contributed by atoms with Crippen LogP contribution in [0.3, 0.4) is 0 Å². The molecule has 0 aromatic rings. The maximum absolute atomic E-state index is 12.5. The van der Waals surface area contributed by atoms with Gasteiger partial charge in [0.25, 0.3) is 0 Å². The summed E-state index contributed by atoms with van der Waals surface area (Å²) < 4.78 is 32.4. The van der Waals surface area contributed by atoms with E-state index in [1.54, 1.807) is 4.90 Å². The number of aliphatic hydroxyl groups is 1. The van der Waals surface area contributed by atoms with Crippen LogP contribution in [0.2, 0.25) is 0 Å². The van der Waals surface area contributed by atoms with Crippen molar-refractivity contribution in [3.63, 3.8) is 0 Å². The zero-order valence-corrected chi connectivity index (χ0v) is 18.2. The Morgan fingerprint density at radius 2 is 1.89 bits per heavy atom. The molecule has 28 heavy (non-hydrogen) atoms. The molecule has 1 aliphatic heterocycles. The van der Waals surface area contributed by atoms with Crippen molar-refractivity contribution in [1.29, 1.82) is 0 Å². The van der Waals surface area contributed by atoms with Crippen LogP contribution in [0.4, 0.5) is 4.79 Å². The van der Waals surface area contributed by atoms with Crippen LogP contribution >= 0.6 is 0 Å². The van der Waals surface area contributed by atoms with E-state index in [2.05, 4.69) is 23.9 Å². The SMILES string of the molecule is CC(C)[C@H]1CC[C@@H](OC[C@H]2[C@@H](NS(C)(=O)=O)CCCN2C(=O)NCCO)CC1. The first-order valence-electron chi connectivity index (χ1n) is 10.5. The molecular formula is C19H37N3O5S. The molecule has 0 unspecified atom stereocenters. The normalized spacial score (nSPS) is 29.1. The third-order valence-electron chi connectivity index (χ3n) is 5.96. The first kappa shape index (κ1) is 23.4. The molecule has 2 amide bonds. The van der Waals surface area contributed by atoms with Crippen LogP contribution in [-0.2, 0) is 14.8 Å². The van der Waals surface area contributed by atoms with Crippen molar-refractivity contribution < 1.29 is 23.1 Å². The first-order chi connectivity index (χ1) is 13.2. The second-order valence-electron chi connectivity index (χ2n) is 8.47. The quantitative estimate of drug-likeness (QED) is 0.550. The third kappa shape index (κ3) is 7.17. The lowest BCUT2D eigenvalue weighted by molar-refractivity contribution is -0.0241. The highest BCUT2D eigenvalue weighted by molar-refractivity contribution is 7.88. The molecule has 2 fully saturated rings. The van der Waals surface area contributed by atoms with E-state index in [9.17, 15) is 13.2 Å². The predicted molar refractivity (Wildman–Crippen MR) is 109 cm³/mol. The van der Waals surface area contributed by atoms with Gasteiger partial charge in [-0.3, -0.25) is 0 Å². The van der Waals surface area contributed by atoms with Gasteiger partial charge in [0.2, 0.25) is 10.0 Å². The molecule has 0 bridgehead atoms. The molecule has 0 radical (unpaired) electrons. The zero-order chi connectivity index (χ0) is 20.7. The Labute approximate surface area is 169 Å². The minimum atomic E-state index is -3.39. The number of carbonyl (C=O) groups is 1. The molecule has 164 valence electrons. The number of nitrogens with zero attached hydrogens (tertiary/aromatic N) is 1. The van der Waals surface area contributed by atoms with Gasteiger partial charge < -0.3 is 20.1 Å². The lowest BCUT2D eigenvalue weighted by atomic mass is 9.80. The second-order valence-corrected chi connectivity index (χ2v) is 10.2. The lowest BCUT2D eigenvalue weighted by Crippen LogP contribution is -2.61. The summed E-state index contributed by atoms with van der Waals surface area (Å²) in [7, 11) is -3.39. The number of nitrogens with one attached hydrogen (secondary N) is 2. The largest absolute Gasteiger partial charge is 0.395 e. The summed E-state index contributed by atoms with van der Waals surface area (Å²) in [6.07, 6.45) is 7.02. The van der Waals surface area contributed by atoms with Gasteiger partial charge in [0.05, 0.1) is 31.6 Å². The summed E-state index contributed by atoms with van der Waals surface area (Å²) in [5.41, 5.74) is 0. The highest BCUT2D eigenvalue weighted by Crippen LogP contribution is 2.31. The van der Waals surface area contributed by atoms with Crippen LogP contribution in [-0.4, -0.2) is 75.2 Å². The van der Waals surface area contributed by atoms with E-state index in [0.717, 1.165) is 44.3 Å². The zero-order valence-electron chi connectivity index (χ0n) is 17.4. The summed E-state index contributed by atoms with van der Waals surface area (Å²) in [5, 5.41) is 11.6. The molecule has 0 aromatic heterocycles. The molecule has 2 aliphatic rings. The number of aliphatic hydroxyl groups excluding tert-OH is 1. The fraction of sp³-hybridized carbons (Fsp3) is 0.947. The lowest BCUT2D eigenvalue weighted by Gasteiger charge is -2.42. The predicted octanol–water partition coefficient (Wildman–Crippen LogP) is 1.30. The van der Waals surface area contributed by atoms with Gasteiger partial charge in [-0.15, -0.1) is 0 Å². The Morgan fingerprint density at radius 1 is 1.21 bits per heavy atom. The van der Waals surface area contributed by atoms with Crippen molar-refractivity contribution in [3.8, 4) is 0 Å². The standard InChI is InChI=1S/C19H37N3O5S/c1-14(2)15-6-8-16(9-7-15)27-13-18-17(21-28(3,25)26)5-4-11-22(18)19(24)20-10-12-23/h14-18,21,23H,4-13H2,1-3H3,(H,20,24)/t15-,16+,17-,18-/m0/s1. The van der Waals surface area contributed by atoms with Crippen LogP contribution in [0.1, 0.15) is 52.4 Å². The van der Waals surface area contributed by atoms with E-state index < -0.39 is 10.0 Å². The smallest absolute Gasteiger partial charge is 0.317 e. The van der Waals surface area contributed by atoms with Crippen molar-refractivity contribution in [2.24, 2.45) is 11.8 Å². The van der Waals surface area contributed by atoms with Gasteiger partial charge in [-0.25, -0.2) is 17.9 Å². The maximum atomic E-state index is 12.5. The number of ether oxygens (including phenoxy) is 1. The average molecular weight is 420 g/mol. The number of piperidine rings is 1. The number of sulfonamides is 1. The van der Waals surface area contributed by atoms with Gasteiger partial charge in [0.15, 0.2) is 0 Å². The molecule has 2 atom stereocenters. The minimum absolute atomic E-state index is 0.134. The Balaban J connectivity index is 2.00. The van der Waals surface area contributed by atoms with Crippen molar-refractivity contribution in [2.75, 3.05) is 32.6 Å². The molecule has 0 spiro atoms. The fourth-order valence-electron chi connectivity index (χ4n) is 4.35. The van der Waals surface area contributed by atoms with E-state index in [0.29, 0.717) is 25.5 Å². The van der Waals surface area contributed by atoms with Gasteiger partial charge >= 0.3 is 6.03 Å². The Bertz CT molecular complexity index is 590. The third-order valence-corrected chi connectivity index (χ3v) is 6.69. The van der Waals surface area contributed by atoms with Gasteiger partial charge in [-0.2, -0.15) is 0 Å². The van der Waals surface area contributed by atoms with E-state index in [1.807, 2.05) is 0 Å². The van der Waals surface area contributed by atoms with E-state index in [1.165, 1.54) is 0 Å². The Hall–Kier alpha value is -0.900. The molecule has 1 saturated carbocycles. The van der Waals surface area contributed by atoms with Gasteiger partial charge in [0.1, 0.15) is 0 Å². The number of amides is 2. The van der Waals surface area contributed by atoms with Crippen LogP contribution in [0, 0.1) is 11.8 Å². The van der Waals surface area contributed by atoms with Crippen LogP contribution in [0.25, 0.3) is 0 Å². The molecule has 1 heterocycles. The highest BCUT2D eigenvalue weighted by Gasteiger charge is 2.37. The molecule has 9 heteroatoms. The molecule has 1 aliphatic carbocycles. The monoisotopic (exact) mass is 419 g/mol. The maximum Gasteiger partial charge on any atom is 0.317 e. The number of carbonyl (C=O) groups excluding carboxylic acids is 1. The molecule has 2 rings (SSSR count).